The van der Waals surface area contributed by atoms with Crippen molar-refractivity contribution >= 4 is 17.1 Å². The van der Waals surface area contributed by atoms with Crippen LogP contribution in [0, 0.1) is 0 Å². The fourth-order valence-electron chi connectivity index (χ4n) is 1.07. The van der Waals surface area contributed by atoms with Gasteiger partial charge in [-0.05, 0) is 35.4 Å². The molecule has 0 atom stereocenters. The Labute approximate surface area is 83.0 Å². The Morgan fingerprint density at radius 1 is 1.62 bits per heavy atom. The van der Waals surface area contributed by atoms with E-state index >= 15 is 0 Å². The molecule has 72 valence electrons. The highest BCUT2D eigenvalue weighted by molar-refractivity contribution is 7.07. The fourth-order valence-corrected chi connectivity index (χ4v) is 1.77. The zero-order valence-electron chi connectivity index (χ0n) is 7.88. The summed E-state index contributed by atoms with van der Waals surface area (Å²) in [7, 11) is 0. The number of carbonyl (C=O) groups excluding carboxylic acids is 1. The Bertz CT molecular complexity index is 243. The van der Waals surface area contributed by atoms with Gasteiger partial charge in [0.05, 0.1) is 6.54 Å². The van der Waals surface area contributed by atoms with Crippen LogP contribution in [0.1, 0.15) is 18.9 Å². The third-order valence-electron chi connectivity index (χ3n) is 1.84. The first-order valence-corrected chi connectivity index (χ1v) is 5.50. The molecule has 0 bridgehead atoms. The average molecular weight is 197 g/mol. The fraction of sp³-hybridized carbons (Fsp3) is 0.500. The molecule has 1 aromatic rings. The quantitative estimate of drug-likeness (QED) is 0.754. The highest BCUT2D eigenvalue weighted by atomic mass is 32.1. The number of rotatable bonds is 6. The molecule has 0 aliphatic carbocycles. The molecule has 3 heteroatoms. The summed E-state index contributed by atoms with van der Waals surface area (Å²) in [5.41, 5.74) is 1.27. The molecule has 0 aliphatic rings. The maximum Gasteiger partial charge on any atom is 0.146 e. The SMILES string of the molecule is CCNCC(=O)CCc1ccsc1. The molecule has 1 rings (SSSR count). The molecule has 0 spiro atoms. The van der Waals surface area contributed by atoms with Gasteiger partial charge >= 0.3 is 0 Å². The van der Waals surface area contributed by atoms with Crippen LogP contribution in [0.2, 0.25) is 0 Å². The van der Waals surface area contributed by atoms with Crippen LogP contribution in [0.25, 0.3) is 0 Å². The monoisotopic (exact) mass is 197 g/mol. The number of nitrogens with one attached hydrogen (secondary N) is 1. The van der Waals surface area contributed by atoms with Gasteiger partial charge in [0.15, 0.2) is 0 Å². The maximum atomic E-state index is 11.2. The van der Waals surface area contributed by atoms with Crippen molar-refractivity contribution in [1.82, 2.24) is 5.32 Å². The van der Waals surface area contributed by atoms with Gasteiger partial charge in [-0.25, -0.2) is 0 Å². The molecule has 1 heterocycles. The molecular weight excluding hydrogens is 182 g/mol. The number of carbonyl (C=O) groups is 1. The molecule has 0 aliphatic heterocycles. The normalized spacial score (nSPS) is 10.2. The molecule has 0 amide bonds. The summed E-state index contributed by atoms with van der Waals surface area (Å²) >= 11 is 1.68. The molecule has 0 aromatic carbocycles. The first kappa shape index (κ1) is 10.4. The number of likely N-dealkylation sites (N-methyl/N-ethyl adjacent to an activating group) is 1. The molecule has 1 N–H and O–H groups in total. The van der Waals surface area contributed by atoms with Crippen LogP contribution in [0.4, 0.5) is 0 Å². The standard InChI is InChI=1S/C10H15NOS/c1-2-11-7-10(12)4-3-9-5-6-13-8-9/h5-6,8,11H,2-4,7H2,1H3. The van der Waals surface area contributed by atoms with Gasteiger partial charge in [0.25, 0.3) is 0 Å². The Kier molecular flexibility index (Phi) is 4.72. The van der Waals surface area contributed by atoms with Crippen molar-refractivity contribution in [1.29, 1.82) is 0 Å². The van der Waals surface area contributed by atoms with Gasteiger partial charge in [-0.2, -0.15) is 11.3 Å². The topological polar surface area (TPSA) is 29.1 Å². The van der Waals surface area contributed by atoms with Gasteiger partial charge < -0.3 is 5.32 Å². The molecule has 0 unspecified atom stereocenters. The van der Waals surface area contributed by atoms with E-state index in [4.69, 9.17) is 0 Å². The predicted octanol–water partition coefficient (Wildman–Crippen LogP) is 1.86. The van der Waals surface area contributed by atoms with Crippen molar-refractivity contribution < 1.29 is 4.79 Å². The molecule has 0 saturated carbocycles. The van der Waals surface area contributed by atoms with Gasteiger partial charge in [-0.15, -0.1) is 0 Å². The lowest BCUT2D eigenvalue weighted by atomic mass is 10.1. The van der Waals surface area contributed by atoms with Crippen LogP contribution in [-0.4, -0.2) is 18.9 Å². The number of ketones is 1. The molecule has 13 heavy (non-hydrogen) atoms. The Balaban J connectivity index is 2.15. The summed E-state index contributed by atoms with van der Waals surface area (Å²) < 4.78 is 0. The summed E-state index contributed by atoms with van der Waals surface area (Å²) in [6, 6.07) is 2.07. The number of hydrogen-bond donors (Lipinski definition) is 1. The van der Waals surface area contributed by atoms with E-state index in [9.17, 15) is 4.79 Å². The third-order valence-corrected chi connectivity index (χ3v) is 2.58. The second-order valence-corrected chi connectivity index (χ2v) is 3.73. The van der Waals surface area contributed by atoms with Gasteiger partial charge in [-0.1, -0.05) is 6.92 Å². The van der Waals surface area contributed by atoms with Crippen molar-refractivity contribution in [2.24, 2.45) is 0 Å². The molecular formula is C10H15NOS. The Hall–Kier alpha value is -0.670. The van der Waals surface area contributed by atoms with Crippen LogP contribution in [0.15, 0.2) is 16.8 Å². The van der Waals surface area contributed by atoms with E-state index in [0.717, 1.165) is 13.0 Å². The summed E-state index contributed by atoms with van der Waals surface area (Å²) in [5.74, 6) is 0.299. The van der Waals surface area contributed by atoms with Crippen molar-refractivity contribution in [2.45, 2.75) is 19.8 Å². The van der Waals surface area contributed by atoms with Gasteiger partial charge in [0, 0.05) is 6.42 Å². The van der Waals surface area contributed by atoms with Gasteiger partial charge in [-0.3, -0.25) is 4.79 Å². The predicted molar refractivity (Wildman–Crippen MR) is 56.2 cm³/mol. The Morgan fingerprint density at radius 2 is 2.46 bits per heavy atom. The molecule has 0 radical (unpaired) electrons. The second-order valence-electron chi connectivity index (χ2n) is 2.95. The van der Waals surface area contributed by atoms with Crippen molar-refractivity contribution in [3.8, 4) is 0 Å². The summed E-state index contributed by atoms with van der Waals surface area (Å²) in [6.07, 6.45) is 1.54. The van der Waals surface area contributed by atoms with Crippen LogP contribution in [0.3, 0.4) is 0 Å². The summed E-state index contributed by atoms with van der Waals surface area (Å²) in [5, 5.41) is 7.17. The van der Waals surface area contributed by atoms with E-state index in [1.165, 1.54) is 5.56 Å². The highest BCUT2D eigenvalue weighted by Gasteiger charge is 2.01. The van der Waals surface area contributed by atoms with Crippen molar-refractivity contribution in [2.75, 3.05) is 13.1 Å². The first-order valence-electron chi connectivity index (χ1n) is 4.56. The Morgan fingerprint density at radius 3 is 3.08 bits per heavy atom. The molecule has 0 saturated heterocycles. The first-order chi connectivity index (χ1) is 6.33. The summed E-state index contributed by atoms with van der Waals surface area (Å²) in [6.45, 7) is 3.39. The van der Waals surface area contributed by atoms with E-state index in [1.54, 1.807) is 11.3 Å². The molecule has 0 fully saturated rings. The van der Waals surface area contributed by atoms with Crippen molar-refractivity contribution in [3.63, 3.8) is 0 Å². The number of hydrogen-bond acceptors (Lipinski definition) is 3. The van der Waals surface area contributed by atoms with Crippen LogP contribution >= 0.6 is 11.3 Å². The zero-order valence-corrected chi connectivity index (χ0v) is 8.69. The largest absolute Gasteiger partial charge is 0.310 e. The number of aryl methyl sites for hydroxylation is 1. The minimum Gasteiger partial charge on any atom is -0.310 e. The third kappa shape index (κ3) is 4.20. The second kappa shape index (κ2) is 5.89. The highest BCUT2D eigenvalue weighted by Crippen LogP contribution is 2.08. The van der Waals surface area contributed by atoms with Crippen LogP contribution < -0.4 is 5.32 Å². The van der Waals surface area contributed by atoms with E-state index < -0.39 is 0 Å². The summed E-state index contributed by atoms with van der Waals surface area (Å²) in [4.78, 5) is 11.2. The average Bonchev–Trinajstić information content (AvgIpc) is 2.64. The smallest absolute Gasteiger partial charge is 0.146 e. The molecule has 1 aromatic heterocycles. The van der Waals surface area contributed by atoms with Crippen molar-refractivity contribution in [3.05, 3.63) is 22.4 Å². The van der Waals surface area contributed by atoms with E-state index in [-0.39, 0.29) is 0 Å². The number of thiophene rings is 1. The van der Waals surface area contributed by atoms with Crippen LogP contribution in [-0.2, 0) is 11.2 Å². The lowest BCUT2D eigenvalue weighted by molar-refractivity contribution is -0.118. The number of Topliss-reactive ketones (excluding diaryl/α,β-unsaturated/α-hetero) is 1. The maximum absolute atomic E-state index is 11.2. The molecule has 2 nitrogen and oxygen atoms in total. The van der Waals surface area contributed by atoms with Gasteiger partial charge in [0.2, 0.25) is 0 Å². The van der Waals surface area contributed by atoms with E-state index in [1.807, 2.05) is 12.3 Å². The lowest BCUT2D eigenvalue weighted by Gasteiger charge is -1.99. The lowest BCUT2D eigenvalue weighted by Crippen LogP contribution is -2.22. The zero-order chi connectivity index (χ0) is 9.52. The van der Waals surface area contributed by atoms with E-state index in [0.29, 0.717) is 18.7 Å². The van der Waals surface area contributed by atoms with Crippen LogP contribution in [0.5, 0.6) is 0 Å². The van der Waals surface area contributed by atoms with Gasteiger partial charge in [0.1, 0.15) is 5.78 Å². The minimum atomic E-state index is 0.299. The van der Waals surface area contributed by atoms with E-state index in [2.05, 4.69) is 16.8 Å². The minimum absolute atomic E-state index is 0.299.